The molecular formula is C18H20N4O3S. The van der Waals surface area contributed by atoms with Gasteiger partial charge in [-0.25, -0.2) is 13.1 Å². The second-order valence-corrected chi connectivity index (χ2v) is 7.60. The maximum atomic E-state index is 12.6. The molecule has 8 heteroatoms. The van der Waals surface area contributed by atoms with Crippen LogP contribution in [-0.4, -0.2) is 36.8 Å². The van der Waals surface area contributed by atoms with E-state index < -0.39 is 10.0 Å². The van der Waals surface area contributed by atoms with Crippen LogP contribution in [0.2, 0.25) is 0 Å². The van der Waals surface area contributed by atoms with Crippen molar-refractivity contribution in [1.29, 1.82) is 0 Å². The van der Waals surface area contributed by atoms with Crippen LogP contribution in [-0.2, 0) is 16.6 Å². The molecule has 1 heterocycles. The van der Waals surface area contributed by atoms with Crippen LogP contribution in [0, 0.1) is 6.92 Å². The highest BCUT2D eigenvalue weighted by Crippen LogP contribution is 2.32. The molecule has 0 amide bonds. The molecule has 7 nitrogen and oxygen atoms in total. The fourth-order valence-electron chi connectivity index (χ4n) is 2.62. The van der Waals surface area contributed by atoms with Crippen LogP contribution in [0.5, 0.6) is 5.75 Å². The Morgan fingerprint density at radius 1 is 1.12 bits per heavy atom. The minimum Gasteiger partial charge on any atom is -0.496 e. The number of rotatable bonds is 7. The highest BCUT2D eigenvalue weighted by atomic mass is 32.2. The number of benzene rings is 2. The molecule has 0 unspecified atom stereocenters. The Morgan fingerprint density at radius 2 is 1.88 bits per heavy atom. The fourth-order valence-corrected chi connectivity index (χ4v) is 3.67. The van der Waals surface area contributed by atoms with Gasteiger partial charge in [0.1, 0.15) is 18.4 Å². The monoisotopic (exact) mass is 372 g/mol. The van der Waals surface area contributed by atoms with Crippen molar-refractivity contribution in [2.24, 2.45) is 0 Å². The summed E-state index contributed by atoms with van der Waals surface area (Å²) < 4.78 is 34.9. The third kappa shape index (κ3) is 4.09. The van der Waals surface area contributed by atoms with Crippen LogP contribution in [0.25, 0.3) is 11.1 Å². The number of aryl methyl sites for hydroxylation is 1. The second-order valence-electron chi connectivity index (χ2n) is 5.83. The van der Waals surface area contributed by atoms with Gasteiger partial charge in [0.25, 0.3) is 0 Å². The van der Waals surface area contributed by atoms with Gasteiger partial charge in [-0.2, -0.15) is 0 Å². The lowest BCUT2D eigenvalue weighted by Gasteiger charge is -2.13. The summed E-state index contributed by atoms with van der Waals surface area (Å²) in [6.07, 6.45) is 3.08. The van der Waals surface area contributed by atoms with Crippen LogP contribution in [0.4, 0.5) is 0 Å². The van der Waals surface area contributed by atoms with Gasteiger partial charge in [0.15, 0.2) is 0 Å². The molecule has 0 spiro atoms. The molecule has 26 heavy (non-hydrogen) atoms. The second kappa shape index (κ2) is 7.67. The topological polar surface area (TPSA) is 86.1 Å². The molecule has 2 aromatic carbocycles. The van der Waals surface area contributed by atoms with Crippen molar-refractivity contribution in [3.05, 3.63) is 60.7 Å². The van der Waals surface area contributed by atoms with Gasteiger partial charge in [0.2, 0.25) is 10.0 Å². The molecule has 0 radical (unpaired) electrons. The molecule has 0 bridgehead atoms. The molecule has 0 atom stereocenters. The van der Waals surface area contributed by atoms with Gasteiger partial charge in [-0.1, -0.05) is 29.8 Å². The van der Waals surface area contributed by atoms with E-state index in [0.717, 1.165) is 16.7 Å². The smallest absolute Gasteiger partial charge is 0.240 e. The molecule has 0 saturated heterocycles. The van der Waals surface area contributed by atoms with Crippen LogP contribution >= 0.6 is 0 Å². The summed E-state index contributed by atoms with van der Waals surface area (Å²) >= 11 is 0. The predicted octanol–water partition coefficient (Wildman–Crippen LogP) is 2.24. The highest BCUT2D eigenvalue weighted by Gasteiger charge is 2.17. The third-order valence-corrected chi connectivity index (χ3v) is 5.40. The Labute approximate surface area is 152 Å². The average molecular weight is 372 g/mol. The third-order valence-electron chi connectivity index (χ3n) is 3.94. The van der Waals surface area contributed by atoms with Crippen LogP contribution < -0.4 is 9.46 Å². The Morgan fingerprint density at radius 3 is 2.58 bits per heavy atom. The van der Waals surface area contributed by atoms with E-state index in [1.54, 1.807) is 29.9 Å². The number of methoxy groups -OCH3 is 1. The van der Waals surface area contributed by atoms with Gasteiger partial charge in [0.05, 0.1) is 12.0 Å². The molecule has 0 fully saturated rings. The molecule has 0 aliphatic heterocycles. The lowest BCUT2D eigenvalue weighted by atomic mass is 10.0. The average Bonchev–Trinajstić information content (AvgIpc) is 3.14. The fraction of sp³-hybridized carbons (Fsp3) is 0.222. The van der Waals surface area contributed by atoms with Crippen molar-refractivity contribution in [3.8, 4) is 16.9 Å². The van der Waals surface area contributed by atoms with Gasteiger partial charge < -0.3 is 9.30 Å². The summed E-state index contributed by atoms with van der Waals surface area (Å²) in [6.45, 7) is 2.68. The molecule has 136 valence electrons. The van der Waals surface area contributed by atoms with E-state index in [-0.39, 0.29) is 11.4 Å². The van der Waals surface area contributed by atoms with Gasteiger partial charge in [-0.3, -0.25) is 0 Å². The Kier molecular flexibility index (Phi) is 5.34. The normalized spacial score (nSPS) is 11.5. The number of ether oxygens (including phenoxy) is 1. The van der Waals surface area contributed by atoms with Crippen molar-refractivity contribution >= 4 is 10.0 Å². The Bertz CT molecular complexity index is 985. The molecule has 0 saturated carbocycles. The van der Waals surface area contributed by atoms with E-state index in [4.69, 9.17) is 4.74 Å². The zero-order chi connectivity index (χ0) is 18.6. The summed E-state index contributed by atoms with van der Waals surface area (Å²) in [5.74, 6) is 0.624. The van der Waals surface area contributed by atoms with E-state index in [1.807, 2.05) is 31.2 Å². The summed E-state index contributed by atoms with van der Waals surface area (Å²) in [7, 11) is -2.07. The minimum atomic E-state index is -3.64. The standard InChI is InChI=1S/C18H20N4O3S/c1-14-4-3-5-15(10-14)17-11-16(6-7-18(17)25-2)26(23,24)21-8-9-22-12-19-20-13-22/h3-7,10-13,21H,8-9H2,1-2H3. The lowest BCUT2D eigenvalue weighted by molar-refractivity contribution is 0.416. The summed E-state index contributed by atoms with van der Waals surface area (Å²) in [5.41, 5.74) is 2.73. The number of nitrogens with zero attached hydrogens (tertiary/aromatic N) is 3. The first-order valence-electron chi connectivity index (χ1n) is 8.07. The quantitative estimate of drug-likeness (QED) is 0.687. The first-order valence-corrected chi connectivity index (χ1v) is 9.55. The number of aromatic nitrogens is 3. The zero-order valence-corrected chi connectivity index (χ0v) is 15.4. The maximum absolute atomic E-state index is 12.6. The predicted molar refractivity (Wildman–Crippen MR) is 98.4 cm³/mol. The van der Waals surface area contributed by atoms with E-state index in [9.17, 15) is 8.42 Å². The van der Waals surface area contributed by atoms with Crippen LogP contribution in [0.15, 0.2) is 60.0 Å². The number of sulfonamides is 1. The van der Waals surface area contributed by atoms with E-state index in [2.05, 4.69) is 14.9 Å². The van der Waals surface area contributed by atoms with Gasteiger partial charge in [-0.15, -0.1) is 10.2 Å². The number of nitrogens with one attached hydrogen (secondary N) is 1. The highest BCUT2D eigenvalue weighted by molar-refractivity contribution is 7.89. The van der Waals surface area contributed by atoms with E-state index in [1.165, 1.54) is 12.7 Å². The minimum absolute atomic E-state index is 0.193. The molecule has 3 rings (SSSR count). The van der Waals surface area contributed by atoms with Crippen molar-refractivity contribution in [2.75, 3.05) is 13.7 Å². The van der Waals surface area contributed by atoms with Crippen LogP contribution in [0.3, 0.4) is 0 Å². The molecule has 0 aliphatic rings. The summed E-state index contributed by atoms with van der Waals surface area (Å²) in [6, 6.07) is 12.7. The molecule has 1 N–H and O–H groups in total. The summed E-state index contributed by atoms with van der Waals surface area (Å²) in [4.78, 5) is 0.193. The van der Waals surface area contributed by atoms with Crippen LogP contribution in [0.1, 0.15) is 5.56 Å². The van der Waals surface area contributed by atoms with Crippen molar-refractivity contribution in [1.82, 2.24) is 19.5 Å². The van der Waals surface area contributed by atoms with Gasteiger partial charge in [0, 0.05) is 18.7 Å². The molecule has 0 aliphatic carbocycles. The maximum Gasteiger partial charge on any atom is 0.240 e. The van der Waals surface area contributed by atoms with Gasteiger partial charge >= 0.3 is 0 Å². The number of hydrogen-bond donors (Lipinski definition) is 1. The first kappa shape index (κ1) is 18.1. The Balaban J connectivity index is 1.86. The van der Waals surface area contributed by atoms with Crippen molar-refractivity contribution in [3.63, 3.8) is 0 Å². The van der Waals surface area contributed by atoms with Gasteiger partial charge in [-0.05, 0) is 30.7 Å². The SMILES string of the molecule is COc1ccc(S(=O)(=O)NCCn2cnnc2)cc1-c1cccc(C)c1. The molecule has 1 aromatic heterocycles. The number of hydrogen-bond acceptors (Lipinski definition) is 5. The largest absolute Gasteiger partial charge is 0.496 e. The zero-order valence-electron chi connectivity index (χ0n) is 14.6. The molecular weight excluding hydrogens is 352 g/mol. The van der Waals surface area contributed by atoms with Crippen molar-refractivity contribution < 1.29 is 13.2 Å². The lowest BCUT2D eigenvalue weighted by Crippen LogP contribution is -2.27. The van der Waals surface area contributed by atoms with Crippen molar-refractivity contribution in [2.45, 2.75) is 18.4 Å². The Hall–Kier alpha value is -2.71. The van der Waals surface area contributed by atoms with E-state index in [0.29, 0.717) is 12.3 Å². The summed E-state index contributed by atoms with van der Waals surface area (Å²) in [5, 5.41) is 7.38. The first-order chi connectivity index (χ1) is 12.5. The van der Waals surface area contributed by atoms with E-state index >= 15 is 0 Å². The molecule has 3 aromatic rings.